The lowest BCUT2D eigenvalue weighted by molar-refractivity contribution is -0.384. The average Bonchev–Trinajstić information content (AvgIpc) is 2.92. The van der Waals surface area contributed by atoms with Gasteiger partial charge in [0.1, 0.15) is 0 Å². The van der Waals surface area contributed by atoms with Crippen LogP contribution in [-0.2, 0) is 10.0 Å². The maximum Gasteiger partial charge on any atom is 0.269 e. The Morgan fingerprint density at radius 1 is 1.20 bits per heavy atom. The number of hydrogen-bond donors (Lipinski definition) is 1. The molecule has 106 valence electrons. The van der Waals surface area contributed by atoms with Gasteiger partial charge >= 0.3 is 0 Å². The van der Waals surface area contributed by atoms with Crippen LogP contribution < -0.4 is 4.72 Å². The second-order valence-electron chi connectivity index (χ2n) is 4.51. The highest BCUT2D eigenvalue weighted by Crippen LogP contribution is 2.19. The first-order valence-corrected chi connectivity index (χ1v) is 7.50. The number of non-ortho nitro benzene ring substituents is 1. The van der Waals surface area contributed by atoms with Crippen LogP contribution in [0, 0.1) is 16.0 Å². The zero-order valence-electron chi connectivity index (χ0n) is 10.8. The first kappa shape index (κ1) is 14.4. The summed E-state index contributed by atoms with van der Waals surface area (Å²) in [6, 6.07) is 4.52. The highest BCUT2D eigenvalue weighted by atomic mass is 32.2. The highest BCUT2D eigenvalue weighted by molar-refractivity contribution is 7.89. The molecule has 6 nitrogen and oxygen atoms in total. The molecule has 1 atom stereocenters. The predicted molar refractivity (Wildman–Crippen MR) is 74.6 cm³/mol. The number of nitrogens with one attached hydrogen (secondary N) is 1. The van der Waals surface area contributed by atoms with E-state index in [4.69, 9.17) is 0 Å². The Hall–Kier alpha value is -1.99. The third-order valence-electron chi connectivity index (χ3n) is 3.05. The average molecular weight is 294 g/mol. The van der Waals surface area contributed by atoms with Crippen LogP contribution in [0.1, 0.15) is 6.92 Å². The summed E-state index contributed by atoms with van der Waals surface area (Å²) in [5.74, 6) is 0.0165. The molecule has 1 aromatic carbocycles. The second-order valence-corrected chi connectivity index (χ2v) is 6.22. The number of allylic oxidation sites excluding steroid dienone is 2. The minimum atomic E-state index is -3.68. The summed E-state index contributed by atoms with van der Waals surface area (Å²) in [6.07, 6.45) is 7.54. The molecular weight excluding hydrogens is 280 g/mol. The van der Waals surface area contributed by atoms with Crippen LogP contribution in [0.5, 0.6) is 0 Å². The van der Waals surface area contributed by atoms with Gasteiger partial charge in [-0.1, -0.05) is 24.3 Å². The summed E-state index contributed by atoms with van der Waals surface area (Å²) in [7, 11) is -3.68. The standard InChI is InChI=1S/C13H14N2O4S/c1-10(11-4-2-3-5-11)14-20(18,19)13-8-6-12(7-9-13)15(16)17/h2-11,14H,1H3/t10-/m0/s1. The predicted octanol–water partition coefficient (Wildman–Crippen LogP) is 2.00. The van der Waals surface area contributed by atoms with E-state index in [2.05, 4.69) is 4.72 Å². The number of nitro benzene ring substituents is 1. The van der Waals surface area contributed by atoms with E-state index in [1.807, 2.05) is 24.3 Å². The van der Waals surface area contributed by atoms with E-state index in [9.17, 15) is 18.5 Å². The van der Waals surface area contributed by atoms with Crippen molar-refractivity contribution in [3.05, 3.63) is 58.7 Å². The molecule has 1 N–H and O–H groups in total. The molecule has 1 aliphatic rings. The van der Waals surface area contributed by atoms with Gasteiger partial charge in [-0.15, -0.1) is 0 Å². The fourth-order valence-electron chi connectivity index (χ4n) is 1.92. The Morgan fingerprint density at radius 3 is 2.25 bits per heavy atom. The molecule has 0 fully saturated rings. The summed E-state index contributed by atoms with van der Waals surface area (Å²) < 4.78 is 26.9. The number of hydrogen-bond acceptors (Lipinski definition) is 4. The summed E-state index contributed by atoms with van der Waals surface area (Å²) in [4.78, 5) is 9.98. The zero-order chi connectivity index (χ0) is 14.8. The summed E-state index contributed by atoms with van der Waals surface area (Å²) >= 11 is 0. The molecule has 7 heteroatoms. The SMILES string of the molecule is C[C@H](NS(=O)(=O)c1ccc([N+](=O)[O-])cc1)C1C=CC=C1. The molecule has 2 rings (SSSR count). The Kier molecular flexibility index (Phi) is 4.01. The summed E-state index contributed by atoms with van der Waals surface area (Å²) in [6.45, 7) is 1.77. The van der Waals surface area contributed by atoms with Crippen molar-refractivity contribution in [2.24, 2.45) is 5.92 Å². The van der Waals surface area contributed by atoms with Crippen molar-refractivity contribution >= 4 is 15.7 Å². The Labute approximate surface area is 117 Å². The fourth-order valence-corrected chi connectivity index (χ4v) is 3.20. The molecule has 0 amide bonds. The number of sulfonamides is 1. The van der Waals surface area contributed by atoms with Crippen molar-refractivity contribution in [1.82, 2.24) is 4.72 Å². The molecule has 0 aromatic heterocycles. The summed E-state index contributed by atoms with van der Waals surface area (Å²) in [5.41, 5.74) is -0.140. The van der Waals surface area contributed by atoms with Gasteiger partial charge in [-0.3, -0.25) is 10.1 Å². The van der Waals surface area contributed by atoms with Gasteiger partial charge < -0.3 is 0 Å². The first-order chi connectivity index (χ1) is 9.40. The van der Waals surface area contributed by atoms with E-state index in [1.54, 1.807) is 6.92 Å². The molecule has 0 heterocycles. The highest BCUT2D eigenvalue weighted by Gasteiger charge is 2.22. The Bertz CT molecular complexity index is 650. The molecule has 0 bridgehead atoms. The summed E-state index contributed by atoms with van der Waals surface area (Å²) in [5, 5.41) is 10.5. The van der Waals surface area contributed by atoms with Gasteiger partial charge in [0.15, 0.2) is 0 Å². The van der Waals surface area contributed by atoms with Crippen molar-refractivity contribution in [2.75, 3.05) is 0 Å². The molecule has 0 unspecified atom stereocenters. The van der Waals surface area contributed by atoms with E-state index < -0.39 is 14.9 Å². The minimum absolute atomic E-state index is 0.0147. The normalized spacial score (nSPS) is 16.4. The maximum absolute atomic E-state index is 12.2. The monoisotopic (exact) mass is 294 g/mol. The number of benzene rings is 1. The van der Waals surface area contributed by atoms with Crippen LogP contribution in [0.15, 0.2) is 53.5 Å². The molecule has 0 spiro atoms. The molecule has 1 aliphatic carbocycles. The zero-order valence-corrected chi connectivity index (χ0v) is 11.6. The van der Waals surface area contributed by atoms with Crippen molar-refractivity contribution in [3.63, 3.8) is 0 Å². The largest absolute Gasteiger partial charge is 0.269 e. The van der Waals surface area contributed by atoms with Crippen LogP contribution in [0.4, 0.5) is 5.69 Å². The van der Waals surface area contributed by atoms with Gasteiger partial charge in [-0.25, -0.2) is 13.1 Å². The van der Waals surface area contributed by atoms with Crippen molar-refractivity contribution in [1.29, 1.82) is 0 Å². The lowest BCUT2D eigenvalue weighted by atomic mass is 10.1. The van der Waals surface area contributed by atoms with Gasteiger partial charge in [-0.05, 0) is 19.1 Å². The number of nitrogens with zero attached hydrogens (tertiary/aromatic N) is 1. The van der Waals surface area contributed by atoms with Gasteiger partial charge in [0.2, 0.25) is 10.0 Å². The van der Waals surface area contributed by atoms with E-state index in [-0.39, 0.29) is 22.5 Å². The van der Waals surface area contributed by atoms with E-state index in [1.165, 1.54) is 24.3 Å². The van der Waals surface area contributed by atoms with Crippen LogP contribution in [0.2, 0.25) is 0 Å². The molecule has 0 saturated carbocycles. The number of nitro groups is 1. The van der Waals surface area contributed by atoms with Gasteiger partial charge in [-0.2, -0.15) is 0 Å². The third-order valence-corrected chi connectivity index (χ3v) is 4.63. The maximum atomic E-state index is 12.2. The molecule has 20 heavy (non-hydrogen) atoms. The molecular formula is C13H14N2O4S. The second kappa shape index (κ2) is 5.56. The van der Waals surface area contributed by atoms with Crippen molar-refractivity contribution in [2.45, 2.75) is 17.9 Å². The van der Waals surface area contributed by atoms with Gasteiger partial charge in [0.25, 0.3) is 5.69 Å². The lowest BCUT2D eigenvalue weighted by Gasteiger charge is -2.17. The lowest BCUT2D eigenvalue weighted by Crippen LogP contribution is -2.36. The Morgan fingerprint density at radius 2 is 1.75 bits per heavy atom. The Balaban J connectivity index is 2.15. The third kappa shape index (κ3) is 3.12. The molecule has 0 aliphatic heterocycles. The fraction of sp³-hybridized carbons (Fsp3) is 0.231. The van der Waals surface area contributed by atoms with Gasteiger partial charge in [0, 0.05) is 24.1 Å². The topological polar surface area (TPSA) is 89.3 Å². The molecule has 0 saturated heterocycles. The van der Waals surface area contributed by atoms with Crippen LogP contribution in [0.3, 0.4) is 0 Å². The van der Waals surface area contributed by atoms with Gasteiger partial charge in [0.05, 0.1) is 9.82 Å². The van der Waals surface area contributed by atoms with Crippen molar-refractivity contribution < 1.29 is 13.3 Å². The molecule has 0 radical (unpaired) electrons. The van der Waals surface area contributed by atoms with Crippen LogP contribution in [0.25, 0.3) is 0 Å². The first-order valence-electron chi connectivity index (χ1n) is 6.02. The van der Waals surface area contributed by atoms with E-state index >= 15 is 0 Å². The van der Waals surface area contributed by atoms with Crippen LogP contribution >= 0.6 is 0 Å². The number of rotatable bonds is 5. The quantitative estimate of drug-likeness (QED) is 0.664. The smallest absolute Gasteiger partial charge is 0.258 e. The van der Waals surface area contributed by atoms with E-state index in [0.717, 1.165) is 0 Å². The minimum Gasteiger partial charge on any atom is -0.258 e. The van der Waals surface area contributed by atoms with E-state index in [0.29, 0.717) is 0 Å². The molecule has 1 aromatic rings. The van der Waals surface area contributed by atoms with Crippen molar-refractivity contribution in [3.8, 4) is 0 Å². The van der Waals surface area contributed by atoms with Crippen LogP contribution in [-0.4, -0.2) is 19.4 Å².